The first-order valence-electron chi connectivity index (χ1n) is 7.25. The van der Waals surface area contributed by atoms with Crippen LogP contribution >= 0.6 is 0 Å². The zero-order valence-electron chi connectivity index (χ0n) is 11.7. The van der Waals surface area contributed by atoms with E-state index >= 15 is 0 Å². The molecule has 1 N–H and O–H groups in total. The van der Waals surface area contributed by atoms with Gasteiger partial charge in [-0.3, -0.25) is 0 Å². The molecule has 0 bridgehead atoms. The van der Waals surface area contributed by atoms with Gasteiger partial charge in [-0.05, 0) is 36.8 Å². The lowest BCUT2D eigenvalue weighted by Gasteiger charge is -2.23. The highest BCUT2D eigenvalue weighted by atomic mass is 16.5. The summed E-state index contributed by atoms with van der Waals surface area (Å²) in [5.41, 5.74) is 0.298. The van der Waals surface area contributed by atoms with Gasteiger partial charge in [-0.2, -0.15) is 0 Å². The summed E-state index contributed by atoms with van der Waals surface area (Å²) in [6, 6.07) is 10.7. The molecule has 0 aromatic heterocycles. The number of rotatable bonds is 4. The largest absolute Gasteiger partial charge is 0.490 e. The van der Waals surface area contributed by atoms with E-state index in [1.807, 2.05) is 24.3 Å². The van der Waals surface area contributed by atoms with Crippen molar-refractivity contribution in [2.45, 2.75) is 25.4 Å². The van der Waals surface area contributed by atoms with Crippen molar-refractivity contribution in [1.29, 1.82) is 0 Å². The molecular formula is C17H18O4. The lowest BCUT2D eigenvalue weighted by atomic mass is 10.0. The average molecular weight is 286 g/mol. The fourth-order valence-corrected chi connectivity index (χ4v) is 2.71. The van der Waals surface area contributed by atoms with E-state index in [0.29, 0.717) is 23.3 Å². The number of benzene rings is 2. The first kappa shape index (κ1) is 13.9. The van der Waals surface area contributed by atoms with Crippen LogP contribution in [0, 0.1) is 0 Å². The first-order valence-corrected chi connectivity index (χ1v) is 7.25. The van der Waals surface area contributed by atoms with E-state index in [4.69, 9.17) is 9.47 Å². The molecule has 0 amide bonds. The lowest BCUT2D eigenvalue weighted by Crippen LogP contribution is -2.25. The molecule has 1 atom stereocenters. The van der Waals surface area contributed by atoms with Crippen molar-refractivity contribution in [3.63, 3.8) is 0 Å². The van der Waals surface area contributed by atoms with Crippen molar-refractivity contribution in [2.75, 3.05) is 13.2 Å². The van der Waals surface area contributed by atoms with Crippen LogP contribution in [0.2, 0.25) is 0 Å². The van der Waals surface area contributed by atoms with Crippen molar-refractivity contribution < 1.29 is 19.4 Å². The van der Waals surface area contributed by atoms with E-state index in [9.17, 15) is 9.90 Å². The van der Waals surface area contributed by atoms with Crippen LogP contribution in [0.4, 0.5) is 0 Å². The van der Waals surface area contributed by atoms with Crippen molar-refractivity contribution in [1.82, 2.24) is 0 Å². The Bertz CT molecular complexity index is 644. The molecule has 21 heavy (non-hydrogen) atoms. The average Bonchev–Trinajstić information content (AvgIpc) is 2.53. The minimum Gasteiger partial charge on any atom is -0.490 e. The molecule has 1 unspecified atom stereocenters. The monoisotopic (exact) mass is 286 g/mol. The van der Waals surface area contributed by atoms with Gasteiger partial charge in [0.05, 0.1) is 11.7 Å². The summed E-state index contributed by atoms with van der Waals surface area (Å²) in [6.07, 6.45) is 3.45. The summed E-state index contributed by atoms with van der Waals surface area (Å²) in [7, 11) is 0. The Balaban J connectivity index is 1.85. The molecule has 1 aliphatic rings. The van der Waals surface area contributed by atoms with Gasteiger partial charge in [0.15, 0.2) is 0 Å². The van der Waals surface area contributed by atoms with Gasteiger partial charge in [0, 0.05) is 12.0 Å². The molecule has 4 heteroatoms. The molecule has 1 saturated heterocycles. The zero-order valence-corrected chi connectivity index (χ0v) is 11.7. The minimum atomic E-state index is -0.923. The fraction of sp³-hybridized carbons (Fsp3) is 0.353. The molecule has 4 nitrogen and oxygen atoms in total. The van der Waals surface area contributed by atoms with E-state index < -0.39 is 5.97 Å². The maximum atomic E-state index is 11.3. The van der Waals surface area contributed by atoms with Crippen LogP contribution in [0.15, 0.2) is 36.4 Å². The molecule has 1 aliphatic heterocycles. The van der Waals surface area contributed by atoms with E-state index in [1.54, 1.807) is 12.1 Å². The number of carbonyl (C=O) groups is 1. The topological polar surface area (TPSA) is 55.8 Å². The third-order valence-corrected chi connectivity index (χ3v) is 3.81. The maximum Gasteiger partial charge on any atom is 0.336 e. The third-order valence-electron chi connectivity index (χ3n) is 3.81. The molecule has 0 saturated carbocycles. The fourth-order valence-electron chi connectivity index (χ4n) is 2.71. The summed E-state index contributed by atoms with van der Waals surface area (Å²) in [5.74, 6) is -0.210. The van der Waals surface area contributed by atoms with Gasteiger partial charge in [-0.1, -0.05) is 24.3 Å². The number of fused-ring (bicyclic) bond motifs is 1. The Labute approximate surface area is 123 Å². The van der Waals surface area contributed by atoms with E-state index in [2.05, 4.69) is 0 Å². The van der Waals surface area contributed by atoms with Gasteiger partial charge < -0.3 is 14.6 Å². The van der Waals surface area contributed by atoms with Crippen LogP contribution in [0.5, 0.6) is 5.75 Å². The number of aromatic carboxylic acids is 1. The van der Waals surface area contributed by atoms with Gasteiger partial charge in [-0.25, -0.2) is 4.79 Å². The maximum absolute atomic E-state index is 11.3. The zero-order chi connectivity index (χ0) is 14.7. The van der Waals surface area contributed by atoms with E-state index in [1.165, 1.54) is 6.42 Å². The Morgan fingerprint density at radius 1 is 1.19 bits per heavy atom. The van der Waals surface area contributed by atoms with Crippen molar-refractivity contribution in [3.05, 3.63) is 42.0 Å². The molecule has 110 valence electrons. The number of ether oxygens (including phenoxy) is 2. The molecule has 0 aliphatic carbocycles. The molecule has 2 aromatic rings. The van der Waals surface area contributed by atoms with Gasteiger partial charge in [0.1, 0.15) is 12.4 Å². The van der Waals surface area contributed by atoms with Crippen LogP contribution in [0.3, 0.4) is 0 Å². The van der Waals surface area contributed by atoms with E-state index in [-0.39, 0.29) is 6.10 Å². The van der Waals surface area contributed by atoms with Crippen molar-refractivity contribution in [2.24, 2.45) is 0 Å². The van der Waals surface area contributed by atoms with Crippen LogP contribution in [0.25, 0.3) is 10.8 Å². The molecule has 2 aromatic carbocycles. The predicted octanol–water partition coefficient (Wildman–Crippen LogP) is 3.49. The molecule has 0 spiro atoms. The summed E-state index contributed by atoms with van der Waals surface area (Å²) in [4.78, 5) is 11.3. The van der Waals surface area contributed by atoms with Crippen LogP contribution in [0.1, 0.15) is 29.6 Å². The SMILES string of the molecule is O=C(O)c1ccc(OCC2CCCCO2)c2ccccc12. The van der Waals surface area contributed by atoms with Gasteiger partial charge >= 0.3 is 5.97 Å². The Morgan fingerprint density at radius 3 is 2.71 bits per heavy atom. The molecule has 1 fully saturated rings. The van der Waals surface area contributed by atoms with Crippen molar-refractivity contribution in [3.8, 4) is 5.75 Å². The van der Waals surface area contributed by atoms with Crippen molar-refractivity contribution >= 4 is 16.7 Å². The second-order valence-corrected chi connectivity index (χ2v) is 5.26. The predicted molar refractivity (Wildman–Crippen MR) is 80.0 cm³/mol. The minimum absolute atomic E-state index is 0.136. The first-order chi connectivity index (χ1) is 10.3. The summed E-state index contributed by atoms with van der Waals surface area (Å²) < 4.78 is 11.5. The van der Waals surface area contributed by atoms with E-state index in [0.717, 1.165) is 24.8 Å². The highest BCUT2D eigenvalue weighted by molar-refractivity contribution is 6.05. The second kappa shape index (κ2) is 6.14. The molecule has 1 heterocycles. The second-order valence-electron chi connectivity index (χ2n) is 5.26. The highest BCUT2D eigenvalue weighted by Crippen LogP contribution is 2.29. The third kappa shape index (κ3) is 3.00. The normalized spacial score (nSPS) is 18.6. The molecule has 0 radical (unpaired) electrons. The van der Waals surface area contributed by atoms with Gasteiger partial charge in [0.25, 0.3) is 0 Å². The Morgan fingerprint density at radius 2 is 2.00 bits per heavy atom. The summed E-state index contributed by atoms with van der Waals surface area (Å²) in [6.45, 7) is 1.31. The Kier molecular flexibility index (Phi) is 4.06. The Hall–Kier alpha value is -2.07. The smallest absolute Gasteiger partial charge is 0.336 e. The highest BCUT2D eigenvalue weighted by Gasteiger charge is 2.16. The van der Waals surface area contributed by atoms with Crippen LogP contribution in [-0.2, 0) is 4.74 Å². The van der Waals surface area contributed by atoms with Crippen LogP contribution < -0.4 is 4.74 Å². The summed E-state index contributed by atoms with van der Waals surface area (Å²) in [5, 5.41) is 10.8. The number of hydrogen-bond donors (Lipinski definition) is 1. The standard InChI is InChI=1S/C17H18O4/c18-17(19)15-8-9-16(14-7-2-1-6-13(14)15)21-11-12-5-3-4-10-20-12/h1-2,6-9,12H,3-5,10-11H2,(H,18,19). The van der Waals surface area contributed by atoms with Gasteiger partial charge in [-0.15, -0.1) is 0 Å². The number of carboxylic acid groups (broad SMARTS) is 1. The molecular weight excluding hydrogens is 268 g/mol. The van der Waals surface area contributed by atoms with Crippen LogP contribution in [-0.4, -0.2) is 30.4 Å². The number of hydrogen-bond acceptors (Lipinski definition) is 3. The summed E-state index contributed by atoms with van der Waals surface area (Å²) >= 11 is 0. The quantitative estimate of drug-likeness (QED) is 0.934. The molecule has 3 rings (SSSR count). The van der Waals surface area contributed by atoms with Gasteiger partial charge in [0.2, 0.25) is 0 Å². The number of carboxylic acids is 1. The lowest BCUT2D eigenvalue weighted by molar-refractivity contribution is -0.0107.